The Balaban J connectivity index is 1.03. The average Bonchev–Trinajstić information content (AvgIpc) is 4.11. The highest BCUT2D eigenvalue weighted by atomic mass is 32.2. The fourth-order valence-electron chi connectivity index (χ4n) is 13.0. The monoisotopic (exact) mass is 1060 g/mol. The predicted octanol–water partition coefficient (Wildman–Crippen LogP) is 6.09. The van der Waals surface area contributed by atoms with Gasteiger partial charge in [0, 0.05) is 64.1 Å². The van der Waals surface area contributed by atoms with Gasteiger partial charge in [0.05, 0.1) is 49.7 Å². The number of thioether (sulfide) groups is 2. The van der Waals surface area contributed by atoms with Gasteiger partial charge in [0.15, 0.2) is 46.3 Å². The van der Waals surface area contributed by atoms with Crippen LogP contribution < -0.4 is 44.4 Å². The smallest absolute Gasteiger partial charge is 0.504 e. The van der Waals surface area contributed by atoms with E-state index in [2.05, 4.69) is 37.9 Å². The Morgan fingerprint density at radius 1 is 1.00 bits per heavy atom. The number of phenols is 1. The van der Waals surface area contributed by atoms with E-state index in [1.165, 1.54) is 18.9 Å². The number of amides is 2. The van der Waals surface area contributed by atoms with Gasteiger partial charge in [-0.25, -0.2) is 14.4 Å². The van der Waals surface area contributed by atoms with E-state index in [9.17, 15) is 25.1 Å². The molecule has 0 radical (unpaired) electrons. The molecule has 5 unspecified atom stereocenters. The van der Waals surface area contributed by atoms with Crippen LogP contribution >= 0.6 is 23.5 Å². The predicted molar refractivity (Wildman–Crippen MR) is 272 cm³/mol. The summed E-state index contributed by atoms with van der Waals surface area (Å²) < 4.78 is 49.0. The van der Waals surface area contributed by atoms with E-state index in [0.29, 0.717) is 77.5 Å². The second-order valence-corrected chi connectivity index (χ2v) is 23.9. The number of phenolic OH excluding ortho intramolecular Hbond substituents is 1. The summed E-state index contributed by atoms with van der Waals surface area (Å²) in [7, 11) is 5.01. The van der Waals surface area contributed by atoms with Gasteiger partial charge in [-0.2, -0.15) is 17.0 Å². The van der Waals surface area contributed by atoms with Crippen molar-refractivity contribution in [1.82, 2.24) is 25.8 Å². The number of aliphatic hydroxyl groups is 1. The van der Waals surface area contributed by atoms with Crippen LogP contribution in [-0.4, -0.2) is 138 Å². The molecule has 74 heavy (non-hydrogen) atoms. The lowest BCUT2D eigenvalue weighted by Crippen LogP contribution is -2.69. The number of fused-ring (bicyclic) bond motifs is 10. The minimum absolute atomic E-state index is 0.0282. The van der Waals surface area contributed by atoms with E-state index in [1.54, 1.807) is 40.0 Å². The number of ether oxygens (including phenoxy) is 8. The molecule has 396 valence electrons. The van der Waals surface area contributed by atoms with E-state index in [-0.39, 0.29) is 65.8 Å². The van der Waals surface area contributed by atoms with Gasteiger partial charge in [0.25, 0.3) is 0 Å². The molecule has 2 amide bonds. The number of carbonyl (C=O) groups excluding carboxylic acids is 3. The second kappa shape index (κ2) is 19.3. The fraction of sp³-hybridized carbons (Fsp3) is 0.585. The first-order valence-electron chi connectivity index (χ1n) is 25.4. The van der Waals surface area contributed by atoms with Crippen molar-refractivity contribution in [3.05, 3.63) is 62.7 Å². The SMILES string of the molecule is COc1cc2c(cc1OC(=O)OC(C)(C)C)CCN[C@]21CS[C@@H]2c3c(OC(O)CCCCC4SCC5NC(=O)NC54)c(C)c4c(c3[C@H](COC1=O)N1C2[C@@H]2c3c(cc(C)c(OC)c3O)C[C@@H]([C@@H]1C#N)N2C)OCO4. The molecule has 1 spiro atoms. The van der Waals surface area contributed by atoms with Crippen LogP contribution in [0.3, 0.4) is 0 Å². The van der Waals surface area contributed by atoms with Crippen molar-refractivity contribution >= 4 is 41.7 Å². The standard InChI is InChI=1S/C53H64N6O13S2/c1-24-15-27-16-30-31(19-54)59-32-20-67-49(62)53(28-18-33(65-7)34(17-26(28)13-14-55-53)70-51(64)72-52(3,4)5)22-74-48(42(59)41(58(30)6)37(27)43(61)44(24)66-8)39-38(32)47-46(68-23-69-47)25(2)45(39)71-36(60)12-10-9-11-35-40-29(21-73-35)56-50(63)57-40/h15,17-18,29-32,35-36,40-42,48,55,60-61H,9-14,16,20-23H2,1-8H3,(H2,56,57,63)/t29?,30-,31-,32-,35?,36?,40?,41-,42?,48+,53+/m0/s1. The lowest BCUT2D eigenvalue weighted by atomic mass is 9.71. The molecule has 5 N–H and O–H groups in total. The number of esters is 1. The third-order valence-corrected chi connectivity index (χ3v) is 19.1. The number of aliphatic hydroxyl groups excluding tert-OH is 1. The Kier molecular flexibility index (Phi) is 13.2. The van der Waals surface area contributed by atoms with Crippen molar-refractivity contribution in [3.8, 4) is 46.3 Å². The number of carbonyl (C=O) groups is 3. The number of aryl methyl sites for hydroxylation is 1. The Morgan fingerprint density at radius 3 is 2.55 bits per heavy atom. The number of unbranched alkanes of at least 4 members (excludes halogenated alkanes) is 1. The summed E-state index contributed by atoms with van der Waals surface area (Å²) in [5.41, 5.74) is 3.44. The van der Waals surface area contributed by atoms with Crippen LogP contribution in [0.4, 0.5) is 9.59 Å². The zero-order valence-electron chi connectivity index (χ0n) is 42.8. The number of nitrogens with zero attached hydrogens (tertiary/aromatic N) is 3. The lowest BCUT2D eigenvalue weighted by molar-refractivity contribution is -0.157. The van der Waals surface area contributed by atoms with Crippen molar-refractivity contribution in [2.45, 2.75) is 143 Å². The molecule has 3 aromatic carbocycles. The van der Waals surface area contributed by atoms with E-state index in [4.69, 9.17) is 37.9 Å². The molecule has 9 heterocycles. The van der Waals surface area contributed by atoms with Crippen LogP contribution in [0.25, 0.3) is 0 Å². The summed E-state index contributed by atoms with van der Waals surface area (Å²) in [5.74, 6) is 2.48. The molecule has 12 rings (SSSR count). The molecule has 4 bridgehead atoms. The maximum Gasteiger partial charge on any atom is 0.514 e. The number of methoxy groups -OCH3 is 2. The zero-order chi connectivity index (χ0) is 52.1. The average molecular weight is 1060 g/mol. The number of nitriles is 1. The summed E-state index contributed by atoms with van der Waals surface area (Å²) >= 11 is 3.34. The van der Waals surface area contributed by atoms with Crippen LogP contribution in [-0.2, 0) is 32.6 Å². The van der Waals surface area contributed by atoms with Crippen LogP contribution in [0.15, 0.2) is 18.2 Å². The molecule has 0 saturated carbocycles. The number of benzene rings is 3. The molecule has 0 aromatic heterocycles. The molecule has 11 atom stereocenters. The molecule has 3 aromatic rings. The van der Waals surface area contributed by atoms with Gasteiger partial charge in [0.1, 0.15) is 24.0 Å². The first-order chi connectivity index (χ1) is 35.5. The lowest BCUT2D eigenvalue weighted by Gasteiger charge is -2.62. The van der Waals surface area contributed by atoms with Gasteiger partial charge in [-0.15, -0.1) is 11.8 Å². The molecule has 4 fully saturated rings. The largest absolute Gasteiger partial charge is 0.514 e. The van der Waals surface area contributed by atoms with Crippen molar-refractivity contribution in [3.63, 3.8) is 0 Å². The van der Waals surface area contributed by atoms with Crippen molar-refractivity contribution < 1.29 is 62.5 Å². The van der Waals surface area contributed by atoms with Crippen molar-refractivity contribution in [2.75, 3.05) is 52.7 Å². The minimum atomic E-state index is -1.47. The Hall–Kier alpha value is -5.50. The molecule has 0 aliphatic carbocycles. The molecule has 9 aliphatic rings. The molecule has 19 nitrogen and oxygen atoms in total. The summed E-state index contributed by atoms with van der Waals surface area (Å²) in [6, 6.07) is 5.27. The Labute approximate surface area is 438 Å². The summed E-state index contributed by atoms with van der Waals surface area (Å²) in [6.45, 7) is 9.10. The highest BCUT2D eigenvalue weighted by Gasteiger charge is 2.62. The van der Waals surface area contributed by atoms with Crippen LogP contribution in [0.1, 0.15) is 108 Å². The number of hydrogen-bond donors (Lipinski definition) is 5. The Bertz CT molecular complexity index is 2840. The number of rotatable bonds is 10. The zero-order valence-corrected chi connectivity index (χ0v) is 44.5. The minimum Gasteiger partial charge on any atom is -0.504 e. The van der Waals surface area contributed by atoms with Crippen molar-refractivity contribution in [1.29, 1.82) is 5.26 Å². The molecule has 21 heteroatoms. The van der Waals surface area contributed by atoms with E-state index in [1.807, 2.05) is 32.7 Å². The molecule has 4 saturated heterocycles. The summed E-state index contributed by atoms with van der Waals surface area (Å²) in [4.78, 5) is 44.7. The third-order valence-electron chi connectivity index (χ3n) is 16.1. The van der Waals surface area contributed by atoms with E-state index >= 15 is 4.79 Å². The topological polar surface area (TPSA) is 232 Å². The highest BCUT2D eigenvalue weighted by molar-refractivity contribution is 8.00. The number of likely N-dealkylation sites (N-methyl/N-ethyl adjacent to an activating group) is 1. The van der Waals surface area contributed by atoms with Gasteiger partial charge in [-0.1, -0.05) is 12.5 Å². The first kappa shape index (κ1) is 50.6. The quantitative estimate of drug-likeness (QED) is 0.0508. The first-order valence-corrected chi connectivity index (χ1v) is 27.5. The maximum absolute atomic E-state index is 15.3. The van der Waals surface area contributed by atoms with E-state index in [0.717, 1.165) is 40.8 Å². The Morgan fingerprint density at radius 2 is 1.80 bits per heavy atom. The van der Waals surface area contributed by atoms with Gasteiger partial charge < -0.3 is 58.7 Å². The molecular formula is C53H64N6O13S2. The van der Waals surface area contributed by atoms with Crippen LogP contribution in [0, 0.1) is 25.2 Å². The maximum atomic E-state index is 15.3. The molecule has 9 aliphatic heterocycles. The number of aromatic hydroxyl groups is 1. The van der Waals surface area contributed by atoms with E-state index < -0.39 is 59.0 Å². The second-order valence-electron chi connectivity index (χ2n) is 21.5. The number of piperazine rings is 1. The normalized spacial score (nSPS) is 29.8. The van der Waals surface area contributed by atoms with Crippen LogP contribution in [0.5, 0.6) is 40.2 Å². The fourth-order valence-corrected chi connectivity index (χ4v) is 16.2. The van der Waals surface area contributed by atoms with Crippen molar-refractivity contribution in [2.24, 2.45) is 0 Å². The van der Waals surface area contributed by atoms with Gasteiger partial charge >= 0.3 is 18.2 Å². The number of nitrogens with one attached hydrogen (secondary N) is 3. The van der Waals surface area contributed by atoms with Crippen LogP contribution in [0.2, 0.25) is 0 Å². The summed E-state index contributed by atoms with van der Waals surface area (Å²) in [5, 5.41) is 45.1. The third kappa shape index (κ3) is 8.29. The van der Waals surface area contributed by atoms with Gasteiger partial charge in [-0.05, 0) is 102 Å². The number of urea groups is 1. The highest BCUT2D eigenvalue weighted by Crippen LogP contribution is 2.65. The molecular weight excluding hydrogens is 993 g/mol. The number of hydrogen-bond acceptors (Lipinski definition) is 19. The van der Waals surface area contributed by atoms with Gasteiger partial charge in [-0.3, -0.25) is 15.1 Å². The summed E-state index contributed by atoms with van der Waals surface area (Å²) in [6.07, 6.45) is 1.47. The van der Waals surface area contributed by atoms with Gasteiger partial charge in [0.2, 0.25) is 6.79 Å².